The van der Waals surface area contributed by atoms with Crippen LogP contribution >= 0.6 is 45.3 Å². The van der Waals surface area contributed by atoms with E-state index in [2.05, 4.69) is 387 Å². The van der Waals surface area contributed by atoms with Crippen molar-refractivity contribution in [3.63, 3.8) is 0 Å². The summed E-state index contributed by atoms with van der Waals surface area (Å²) in [6, 6.07) is 77.6. The van der Waals surface area contributed by atoms with Crippen molar-refractivity contribution in [3.8, 4) is 0 Å². The van der Waals surface area contributed by atoms with Crippen LogP contribution in [0.3, 0.4) is 0 Å². The molecule has 9 aliphatic rings. The number of allylic oxidation sites excluding steroid dienone is 4. The first kappa shape index (κ1) is 79.7. The third-order valence-electron chi connectivity index (χ3n) is 30.5. The number of rotatable bonds is 10. The number of benzene rings is 9. The molecule has 22 rings (SSSR count). The Morgan fingerprint density at radius 1 is 0.361 bits per heavy atom. The van der Waals surface area contributed by atoms with Crippen molar-refractivity contribution in [3.05, 3.63) is 311 Å². The van der Waals surface area contributed by atoms with Crippen LogP contribution in [-0.4, -0.2) is 17.6 Å². The molecule has 8 aliphatic carbocycles. The van der Waals surface area contributed by atoms with Crippen molar-refractivity contribution in [1.82, 2.24) is 0 Å². The lowest BCUT2D eigenvalue weighted by atomic mass is 9.76. The van der Waals surface area contributed by atoms with Gasteiger partial charge in [0.2, 0.25) is 0 Å². The number of nitrogens with one attached hydrogen (secondary N) is 4. The standard InChI is InChI=1S/C31H31NS.C27H29NS.C27H31NS.C26H29NS/c1-18-10-9-11-19(2)31(18)32-25-14-7-5-12-22(25)28-20(3)21(4)29-24(28)16-17-27-30(29)23-13-6-8-15-26(23)33-27;1-4-18-14-17-8-7-10-21(27(17)28-18)24-15(2)16(3)25-20(24)12-13-23-26(25)19-9-5-6-11-22(19)29-23;1-16-17(2)25-20(14-15-23-26(25)19-11-7-9-13-22(19)29-23)24(16)18-10-6-8-12-21(18)28-27(3,4)5;1-15(2)27-21-11-7-5-9-18(21)24-16(3)17(4)25-20(24)13-14-23-26(25)19-10-6-8-12-22(19)28-23/h5-17,20-21,24,28-29,32H,1-4H3;5-13,15-16,18,20,24-25,28H,4,14H2,1-3H3;6-17,20,24-25,28H,1-5H3;5-17,20,24-25,27H,1-4H3. The highest BCUT2D eigenvalue weighted by Gasteiger charge is 2.54. The second-order valence-corrected chi connectivity index (χ2v) is 42.8. The van der Waals surface area contributed by atoms with E-state index in [9.17, 15) is 0 Å². The van der Waals surface area contributed by atoms with E-state index in [0.717, 1.165) is 0 Å². The Morgan fingerprint density at radius 3 is 1.05 bits per heavy atom. The van der Waals surface area contributed by atoms with Gasteiger partial charge in [-0.25, -0.2) is 0 Å². The molecular weight excluding hydrogens is 1520 g/mol. The summed E-state index contributed by atoms with van der Waals surface area (Å²) in [6.45, 7) is 37.8. The fourth-order valence-electron chi connectivity index (χ4n) is 24.7. The van der Waals surface area contributed by atoms with E-state index in [1.807, 2.05) is 45.3 Å². The van der Waals surface area contributed by atoms with E-state index >= 15 is 0 Å². The van der Waals surface area contributed by atoms with E-state index in [1.54, 1.807) is 27.8 Å². The molecule has 0 spiro atoms. The highest BCUT2D eigenvalue weighted by atomic mass is 32.1. The zero-order chi connectivity index (χ0) is 82.1. The summed E-state index contributed by atoms with van der Waals surface area (Å²) in [5, 5.41) is 21.1. The van der Waals surface area contributed by atoms with Gasteiger partial charge in [-0.15, -0.1) is 45.3 Å². The van der Waals surface area contributed by atoms with Crippen LogP contribution in [0.15, 0.2) is 231 Å². The summed E-state index contributed by atoms with van der Waals surface area (Å²) >= 11 is 7.85. The van der Waals surface area contributed by atoms with Crippen molar-refractivity contribution in [1.29, 1.82) is 0 Å². The smallest absolute Gasteiger partial charge is 0.0443 e. The lowest BCUT2D eigenvalue weighted by molar-refractivity contribution is 0.403. The topological polar surface area (TPSA) is 48.1 Å². The molecule has 4 N–H and O–H groups in total. The zero-order valence-corrected chi connectivity index (χ0v) is 75.8. The molecule has 0 bridgehead atoms. The molecule has 0 amide bonds. The molecule has 1 aliphatic heterocycles. The summed E-state index contributed by atoms with van der Waals surface area (Å²) in [5.41, 5.74) is 23.2. The molecule has 4 nitrogen and oxygen atoms in total. The Balaban J connectivity index is 0.000000105. The van der Waals surface area contributed by atoms with Gasteiger partial charge in [0, 0.05) is 84.4 Å². The molecule has 8 heteroatoms. The average molecular weight is 1640 g/mol. The van der Waals surface area contributed by atoms with Gasteiger partial charge in [-0.3, -0.25) is 0 Å². The number of para-hydroxylation sites is 5. The van der Waals surface area contributed by atoms with Crippen molar-refractivity contribution in [2.24, 2.45) is 71.0 Å². The first-order valence-corrected chi connectivity index (χ1v) is 48.2. The van der Waals surface area contributed by atoms with Crippen LogP contribution < -0.4 is 21.3 Å². The number of hydrogen-bond donors (Lipinski definition) is 4. The summed E-state index contributed by atoms with van der Waals surface area (Å²) in [4.78, 5) is 5.93. The number of hydrogen-bond acceptors (Lipinski definition) is 8. The van der Waals surface area contributed by atoms with Gasteiger partial charge in [-0.2, -0.15) is 0 Å². The molecule has 608 valence electrons. The quantitative estimate of drug-likeness (QED) is 0.110. The SMILES string of the molecule is CC(C)Nc1ccccc1C1C(C)C(C)C2c3c(sc4ccccc34)C=CC12.CC1C(C)C2c3c(sc4ccccc34)C=CC2C1c1ccccc1NC(C)(C)C.CCC1Cc2cccc(C3C(C)C(C)C4c5c(sc6ccccc56)C=CC34)c2N1.Cc1cccc(C)c1Nc1ccccc1C1C(C)C(C)C2c3c(sc4ccccc34)C=CC12. The number of anilines is 5. The Bertz CT molecular complexity index is 6080. The molecule has 4 aromatic heterocycles. The van der Waals surface area contributed by atoms with Crippen LogP contribution in [0.5, 0.6) is 0 Å². The highest BCUT2D eigenvalue weighted by molar-refractivity contribution is 7.21. The number of thiophene rings is 4. The van der Waals surface area contributed by atoms with Gasteiger partial charge in [0.1, 0.15) is 0 Å². The van der Waals surface area contributed by atoms with E-state index in [4.69, 9.17) is 0 Å². The first-order valence-electron chi connectivity index (χ1n) is 44.9. The van der Waals surface area contributed by atoms with Gasteiger partial charge < -0.3 is 21.3 Å². The fourth-order valence-corrected chi connectivity index (χ4v) is 29.3. The van der Waals surface area contributed by atoms with E-state index in [0.29, 0.717) is 130 Å². The van der Waals surface area contributed by atoms with Gasteiger partial charge >= 0.3 is 0 Å². The van der Waals surface area contributed by atoms with E-state index in [1.165, 1.54) is 135 Å². The maximum Gasteiger partial charge on any atom is 0.0443 e. The first-order chi connectivity index (χ1) is 57.6. The summed E-state index contributed by atoms with van der Waals surface area (Å²) in [7, 11) is 0. The summed E-state index contributed by atoms with van der Waals surface area (Å²) in [5.74, 6) is 12.1. The normalized spacial score (nSPS) is 28.6. The molecule has 9 aromatic carbocycles. The molecule has 119 heavy (non-hydrogen) atoms. The summed E-state index contributed by atoms with van der Waals surface area (Å²) in [6.07, 6.45) is 22.2. The predicted molar refractivity (Wildman–Crippen MR) is 521 cm³/mol. The van der Waals surface area contributed by atoms with Crippen LogP contribution in [0.4, 0.5) is 28.4 Å². The number of fused-ring (bicyclic) bond motifs is 21. The van der Waals surface area contributed by atoms with Crippen molar-refractivity contribution >= 4 is 138 Å². The minimum atomic E-state index is 0.0576. The lowest BCUT2D eigenvalue weighted by Gasteiger charge is -2.31. The second kappa shape index (κ2) is 32.1. The van der Waals surface area contributed by atoms with Gasteiger partial charge in [-0.1, -0.05) is 250 Å². The minimum absolute atomic E-state index is 0.0576. The molecule has 5 heterocycles. The van der Waals surface area contributed by atoms with Crippen LogP contribution in [0, 0.1) is 84.9 Å². The van der Waals surface area contributed by atoms with Crippen LogP contribution in [0.2, 0.25) is 0 Å². The Labute approximate surface area is 724 Å². The Hall–Kier alpha value is -9.02. The second-order valence-electron chi connectivity index (χ2n) is 38.5. The molecular formula is C111H120N4S4. The van der Waals surface area contributed by atoms with Gasteiger partial charge in [0.25, 0.3) is 0 Å². The minimum Gasteiger partial charge on any atom is -0.383 e. The lowest BCUT2D eigenvalue weighted by Crippen LogP contribution is -2.27. The monoisotopic (exact) mass is 1640 g/mol. The van der Waals surface area contributed by atoms with E-state index < -0.39 is 0 Å². The molecule has 13 aromatic rings. The van der Waals surface area contributed by atoms with Crippen LogP contribution in [0.25, 0.3) is 64.6 Å². The maximum atomic E-state index is 3.88. The summed E-state index contributed by atoms with van der Waals surface area (Å²) < 4.78 is 5.73. The van der Waals surface area contributed by atoms with Gasteiger partial charge in [0.15, 0.2) is 0 Å². The molecule has 4 fully saturated rings. The van der Waals surface area contributed by atoms with Crippen LogP contribution in [-0.2, 0) is 6.42 Å². The molecule has 21 unspecified atom stereocenters. The molecule has 0 saturated heterocycles. The third-order valence-corrected chi connectivity index (χ3v) is 35.1. The Kier molecular flexibility index (Phi) is 21.5. The number of aryl methyl sites for hydroxylation is 2. The average Bonchev–Trinajstić information content (AvgIpc) is 1.58. The fraction of sp³-hybridized carbons (Fsp3) is 0.369. The highest BCUT2D eigenvalue weighted by Crippen LogP contribution is 2.66. The predicted octanol–water partition coefficient (Wildman–Crippen LogP) is 31.9. The van der Waals surface area contributed by atoms with Crippen molar-refractivity contribution in [2.45, 2.75) is 189 Å². The van der Waals surface area contributed by atoms with Gasteiger partial charge in [0.05, 0.1) is 0 Å². The van der Waals surface area contributed by atoms with Gasteiger partial charge in [-0.05, 0) is 329 Å². The molecule has 21 atom stereocenters. The largest absolute Gasteiger partial charge is 0.383 e. The van der Waals surface area contributed by atoms with Crippen LogP contribution in [0.1, 0.15) is 231 Å². The van der Waals surface area contributed by atoms with E-state index in [-0.39, 0.29) is 5.54 Å². The Morgan fingerprint density at radius 2 is 0.672 bits per heavy atom. The maximum absolute atomic E-state index is 3.88. The van der Waals surface area contributed by atoms with Crippen molar-refractivity contribution in [2.75, 3.05) is 21.3 Å². The molecule has 0 radical (unpaired) electrons. The third kappa shape index (κ3) is 14.0. The van der Waals surface area contributed by atoms with Crippen molar-refractivity contribution < 1.29 is 0 Å². The molecule has 4 saturated carbocycles. The zero-order valence-electron chi connectivity index (χ0n) is 72.5.